The standard InChI is InChI=1S/C17H27O2.3C4H9.Sn/c1-14(2)8-6-9-15(3)10-7-11-16(4)12-13-19-17(5)18;3*1-3-4-2;/h8,10,12-13H,6-7,9,11H2,1-5H3;3*1,3-4H2,2H3;/b15-10+,16-12+;;;;. The summed E-state index contributed by atoms with van der Waals surface area (Å²) in [6, 6.07) is 0. The average molecular weight is 553 g/mol. The Morgan fingerprint density at radius 3 is 1.66 bits per heavy atom. The summed E-state index contributed by atoms with van der Waals surface area (Å²) >= 11 is -2.68. The Morgan fingerprint density at radius 2 is 1.22 bits per heavy atom. The van der Waals surface area contributed by atoms with E-state index in [2.05, 4.69) is 66.7 Å². The number of hydrogen-bond acceptors (Lipinski definition) is 2. The molecule has 0 spiro atoms. The molecule has 1 atom stereocenters. The van der Waals surface area contributed by atoms with E-state index in [0.717, 1.165) is 25.7 Å². The Kier molecular flexibility index (Phi) is 18.6. The molecule has 186 valence electrons. The molecule has 0 bridgehead atoms. The maximum absolute atomic E-state index is 12.1. The summed E-state index contributed by atoms with van der Waals surface area (Å²) < 4.78 is 10.3. The van der Waals surface area contributed by atoms with E-state index >= 15 is 0 Å². The first-order chi connectivity index (χ1) is 15.2. The fraction of sp³-hybridized carbons (Fsp3) is 0.759. The van der Waals surface area contributed by atoms with Crippen molar-refractivity contribution in [3.8, 4) is 0 Å². The van der Waals surface area contributed by atoms with Gasteiger partial charge in [0, 0.05) is 0 Å². The zero-order valence-electron chi connectivity index (χ0n) is 22.8. The van der Waals surface area contributed by atoms with Gasteiger partial charge in [-0.15, -0.1) is 0 Å². The molecule has 0 heterocycles. The van der Waals surface area contributed by atoms with Crippen molar-refractivity contribution in [1.29, 1.82) is 0 Å². The SMILES string of the molecule is CCC[CH2][Sn]([CH2]CCC)([CH2]CCC)[CH](/C=C(\C)CC/C=C(\C)CCC=C(C)C)OC(C)=O. The van der Waals surface area contributed by atoms with Crippen LogP contribution in [0.4, 0.5) is 0 Å². The number of allylic oxidation sites excluding steroid dienone is 5. The molecule has 0 aromatic heterocycles. The number of carbonyl (C=O) groups excluding carboxylic acids is 1. The predicted molar refractivity (Wildman–Crippen MR) is 146 cm³/mol. The van der Waals surface area contributed by atoms with Crippen LogP contribution >= 0.6 is 0 Å². The van der Waals surface area contributed by atoms with Crippen LogP contribution in [0, 0.1) is 0 Å². The third-order valence-electron chi connectivity index (χ3n) is 6.54. The molecule has 0 aliphatic heterocycles. The second kappa shape index (κ2) is 18.9. The quantitative estimate of drug-likeness (QED) is 0.0960. The van der Waals surface area contributed by atoms with Crippen LogP contribution in [0.5, 0.6) is 0 Å². The Labute approximate surface area is 205 Å². The third kappa shape index (κ3) is 14.6. The van der Waals surface area contributed by atoms with Gasteiger partial charge in [-0.3, -0.25) is 0 Å². The topological polar surface area (TPSA) is 26.3 Å². The van der Waals surface area contributed by atoms with Crippen LogP contribution in [0.1, 0.15) is 120 Å². The Hall–Kier alpha value is -0.511. The van der Waals surface area contributed by atoms with Crippen LogP contribution in [-0.4, -0.2) is 28.5 Å². The van der Waals surface area contributed by atoms with Gasteiger partial charge in [-0.2, -0.15) is 0 Å². The molecular weight excluding hydrogens is 499 g/mol. The van der Waals surface area contributed by atoms with E-state index in [9.17, 15) is 4.79 Å². The molecule has 1 unspecified atom stereocenters. The van der Waals surface area contributed by atoms with Gasteiger partial charge in [0.1, 0.15) is 0 Å². The summed E-state index contributed by atoms with van der Waals surface area (Å²) in [6.07, 6.45) is 19.1. The molecule has 0 amide bonds. The monoisotopic (exact) mass is 554 g/mol. The van der Waals surface area contributed by atoms with Crippen LogP contribution in [0.15, 0.2) is 34.9 Å². The van der Waals surface area contributed by atoms with Gasteiger partial charge in [0.25, 0.3) is 0 Å². The fourth-order valence-electron chi connectivity index (χ4n) is 4.48. The summed E-state index contributed by atoms with van der Waals surface area (Å²) in [6.45, 7) is 17.3. The van der Waals surface area contributed by atoms with Crippen molar-refractivity contribution in [2.75, 3.05) is 0 Å². The van der Waals surface area contributed by atoms with E-state index in [1.165, 1.54) is 68.6 Å². The minimum atomic E-state index is -2.68. The molecule has 0 rings (SSSR count). The fourth-order valence-corrected chi connectivity index (χ4v) is 21.1. The number of unbranched alkanes of at least 4 members (excludes halogenated alkanes) is 3. The normalized spacial score (nSPS) is 13.8. The van der Waals surface area contributed by atoms with E-state index in [0.29, 0.717) is 0 Å². The van der Waals surface area contributed by atoms with Gasteiger partial charge >= 0.3 is 206 Å². The van der Waals surface area contributed by atoms with Crippen LogP contribution in [0.3, 0.4) is 0 Å². The van der Waals surface area contributed by atoms with Gasteiger partial charge in [-0.25, -0.2) is 0 Å². The van der Waals surface area contributed by atoms with Crippen LogP contribution < -0.4 is 0 Å². The molecular formula is C29H54O2Sn. The molecule has 3 heteroatoms. The summed E-state index contributed by atoms with van der Waals surface area (Å²) in [5.41, 5.74) is 4.28. The molecule has 0 fully saturated rings. The second-order valence-corrected chi connectivity index (χ2v) is 23.8. The summed E-state index contributed by atoms with van der Waals surface area (Å²) in [4.78, 5) is 12.1. The predicted octanol–water partition coefficient (Wildman–Crippen LogP) is 9.73. The first-order valence-electron chi connectivity index (χ1n) is 13.3. The maximum atomic E-state index is 12.1. The van der Waals surface area contributed by atoms with Crippen LogP contribution in [0.25, 0.3) is 0 Å². The summed E-state index contributed by atoms with van der Waals surface area (Å²) in [5, 5.41) is 0. The zero-order valence-corrected chi connectivity index (χ0v) is 25.7. The zero-order chi connectivity index (χ0) is 24.4. The van der Waals surface area contributed by atoms with Crippen molar-refractivity contribution >= 4 is 24.3 Å². The molecule has 0 aliphatic rings. The number of hydrogen-bond donors (Lipinski definition) is 0. The molecule has 32 heavy (non-hydrogen) atoms. The summed E-state index contributed by atoms with van der Waals surface area (Å²) in [5.74, 6) is -0.0976. The molecule has 0 radical (unpaired) electrons. The number of carbonyl (C=O) groups is 1. The molecule has 0 saturated heterocycles. The summed E-state index contributed by atoms with van der Waals surface area (Å²) in [7, 11) is 0. The number of esters is 1. The van der Waals surface area contributed by atoms with E-state index in [1.54, 1.807) is 6.92 Å². The van der Waals surface area contributed by atoms with Crippen LogP contribution in [-0.2, 0) is 9.53 Å². The Bertz CT molecular complexity index is 575. The van der Waals surface area contributed by atoms with Crippen LogP contribution in [0.2, 0.25) is 13.3 Å². The molecule has 0 aromatic carbocycles. The third-order valence-corrected chi connectivity index (χ3v) is 22.4. The molecule has 2 nitrogen and oxygen atoms in total. The van der Waals surface area contributed by atoms with Crippen molar-refractivity contribution < 1.29 is 9.53 Å². The van der Waals surface area contributed by atoms with E-state index < -0.39 is 18.4 Å². The van der Waals surface area contributed by atoms with Crippen molar-refractivity contribution in [2.24, 2.45) is 0 Å². The van der Waals surface area contributed by atoms with Gasteiger partial charge in [0.05, 0.1) is 0 Å². The Morgan fingerprint density at radius 1 is 0.750 bits per heavy atom. The molecule has 0 aromatic rings. The number of ether oxygens (including phenoxy) is 1. The first kappa shape index (κ1) is 31.5. The molecule has 0 N–H and O–H groups in total. The molecule has 0 aliphatic carbocycles. The second-order valence-electron chi connectivity index (χ2n) is 10.1. The van der Waals surface area contributed by atoms with Crippen molar-refractivity contribution in [3.05, 3.63) is 34.9 Å². The van der Waals surface area contributed by atoms with Gasteiger partial charge in [-0.1, -0.05) is 0 Å². The van der Waals surface area contributed by atoms with E-state index in [1.807, 2.05) is 0 Å². The van der Waals surface area contributed by atoms with Crippen molar-refractivity contribution in [3.63, 3.8) is 0 Å². The molecule has 0 saturated carbocycles. The van der Waals surface area contributed by atoms with Gasteiger partial charge in [0.2, 0.25) is 0 Å². The first-order valence-corrected chi connectivity index (χ1v) is 21.0. The van der Waals surface area contributed by atoms with Gasteiger partial charge in [0.15, 0.2) is 0 Å². The van der Waals surface area contributed by atoms with Crippen molar-refractivity contribution in [2.45, 2.75) is 137 Å². The van der Waals surface area contributed by atoms with Gasteiger partial charge < -0.3 is 0 Å². The Balaban J connectivity index is 5.52. The minimum absolute atomic E-state index is 0.0976. The van der Waals surface area contributed by atoms with Crippen molar-refractivity contribution in [1.82, 2.24) is 0 Å². The van der Waals surface area contributed by atoms with E-state index in [4.69, 9.17) is 4.74 Å². The van der Waals surface area contributed by atoms with E-state index in [-0.39, 0.29) is 10.1 Å². The van der Waals surface area contributed by atoms with Gasteiger partial charge in [-0.05, 0) is 0 Å². The average Bonchev–Trinajstić information content (AvgIpc) is 2.72. The number of rotatable bonds is 18.